The van der Waals surface area contributed by atoms with Gasteiger partial charge in [0.2, 0.25) is 0 Å². The highest BCUT2D eigenvalue weighted by atomic mass is 79.9. The first-order chi connectivity index (χ1) is 10.1. The third-order valence-electron chi connectivity index (χ3n) is 3.05. The summed E-state index contributed by atoms with van der Waals surface area (Å²) in [5, 5.41) is 2.70. The predicted molar refractivity (Wildman–Crippen MR) is 87.8 cm³/mol. The van der Waals surface area contributed by atoms with Crippen molar-refractivity contribution in [3.63, 3.8) is 0 Å². The molecule has 0 N–H and O–H groups in total. The molecule has 21 heavy (non-hydrogen) atoms. The number of nitrogens with zero attached hydrogens (tertiary/aromatic N) is 2. The summed E-state index contributed by atoms with van der Waals surface area (Å²) in [5.74, 6) is 1.33. The summed E-state index contributed by atoms with van der Waals surface area (Å²) in [6, 6.07) is 13.8. The fourth-order valence-corrected chi connectivity index (χ4v) is 2.98. The Morgan fingerprint density at radius 2 is 1.95 bits per heavy atom. The third-order valence-corrected chi connectivity index (χ3v) is 4.07. The summed E-state index contributed by atoms with van der Waals surface area (Å²) in [5.41, 5.74) is 0.825. The van der Waals surface area contributed by atoms with E-state index in [0.29, 0.717) is 11.0 Å². The van der Waals surface area contributed by atoms with E-state index in [1.807, 2.05) is 37.3 Å². The van der Waals surface area contributed by atoms with Crippen LogP contribution in [0.15, 0.2) is 46.9 Å². The van der Waals surface area contributed by atoms with Crippen LogP contribution in [0.4, 0.5) is 0 Å². The highest BCUT2D eigenvalue weighted by Crippen LogP contribution is 2.33. The minimum atomic E-state index is 0.276. The molecule has 0 spiro atoms. The van der Waals surface area contributed by atoms with Crippen molar-refractivity contribution in [3.8, 4) is 5.75 Å². The Morgan fingerprint density at radius 1 is 1.14 bits per heavy atom. The van der Waals surface area contributed by atoms with Crippen molar-refractivity contribution in [2.75, 3.05) is 0 Å². The van der Waals surface area contributed by atoms with Gasteiger partial charge in [-0.25, -0.2) is 9.97 Å². The number of hydrogen-bond acceptors (Lipinski definition) is 3. The first-order valence-electron chi connectivity index (χ1n) is 6.43. The van der Waals surface area contributed by atoms with Crippen molar-refractivity contribution >= 4 is 38.3 Å². The molecule has 0 bridgehead atoms. The Kier molecular flexibility index (Phi) is 4.08. The number of ether oxygens (including phenoxy) is 1. The number of hydrogen-bond donors (Lipinski definition) is 0. The van der Waals surface area contributed by atoms with Crippen LogP contribution in [0.2, 0.25) is 5.15 Å². The third kappa shape index (κ3) is 3.17. The van der Waals surface area contributed by atoms with E-state index in [4.69, 9.17) is 16.3 Å². The number of aryl methyl sites for hydroxylation is 1. The topological polar surface area (TPSA) is 35.0 Å². The molecule has 0 saturated carbocycles. The standard InChI is InChI=1S/C16H12BrClN2O/c1-10-8-14(18)20-15(19-10)9-21-13-7-6-11-4-2-3-5-12(11)16(13)17/h2-8H,9H2,1H3. The normalized spacial score (nSPS) is 10.8. The Labute approximate surface area is 136 Å². The van der Waals surface area contributed by atoms with Gasteiger partial charge in [0.15, 0.2) is 5.82 Å². The van der Waals surface area contributed by atoms with Crippen molar-refractivity contribution in [1.29, 1.82) is 0 Å². The molecular weight excluding hydrogens is 352 g/mol. The van der Waals surface area contributed by atoms with Crippen molar-refractivity contribution in [2.45, 2.75) is 13.5 Å². The van der Waals surface area contributed by atoms with Crippen LogP contribution in [0.1, 0.15) is 11.5 Å². The molecule has 1 heterocycles. The van der Waals surface area contributed by atoms with E-state index in [1.54, 1.807) is 6.07 Å². The fourth-order valence-electron chi connectivity index (χ4n) is 2.12. The molecule has 3 rings (SSSR count). The largest absolute Gasteiger partial charge is 0.484 e. The van der Waals surface area contributed by atoms with Gasteiger partial charge in [0, 0.05) is 5.69 Å². The molecule has 0 aliphatic carbocycles. The molecule has 106 valence electrons. The summed E-state index contributed by atoms with van der Waals surface area (Å²) < 4.78 is 6.74. The zero-order chi connectivity index (χ0) is 14.8. The lowest BCUT2D eigenvalue weighted by atomic mass is 10.1. The second kappa shape index (κ2) is 6.00. The molecule has 5 heteroatoms. The number of aromatic nitrogens is 2. The van der Waals surface area contributed by atoms with Crippen LogP contribution < -0.4 is 4.74 Å². The van der Waals surface area contributed by atoms with Gasteiger partial charge in [0.25, 0.3) is 0 Å². The van der Waals surface area contributed by atoms with Gasteiger partial charge in [-0.05, 0) is 45.8 Å². The van der Waals surface area contributed by atoms with E-state index >= 15 is 0 Å². The second-order valence-corrected chi connectivity index (χ2v) is 5.82. The number of rotatable bonds is 3. The van der Waals surface area contributed by atoms with E-state index in [0.717, 1.165) is 26.7 Å². The minimum Gasteiger partial charge on any atom is -0.484 e. The summed E-state index contributed by atoms with van der Waals surface area (Å²) in [6.45, 7) is 2.15. The van der Waals surface area contributed by atoms with Gasteiger partial charge in [0.1, 0.15) is 17.5 Å². The van der Waals surface area contributed by atoms with Crippen LogP contribution in [0.3, 0.4) is 0 Å². The van der Waals surface area contributed by atoms with Gasteiger partial charge < -0.3 is 4.74 Å². The van der Waals surface area contributed by atoms with Gasteiger partial charge >= 0.3 is 0 Å². The zero-order valence-electron chi connectivity index (χ0n) is 11.3. The number of benzene rings is 2. The molecule has 0 unspecified atom stereocenters. The Morgan fingerprint density at radius 3 is 2.76 bits per heavy atom. The molecular formula is C16H12BrClN2O. The maximum atomic E-state index is 5.93. The van der Waals surface area contributed by atoms with E-state index in [-0.39, 0.29) is 6.61 Å². The summed E-state index contributed by atoms with van der Waals surface area (Å²) >= 11 is 9.52. The lowest BCUT2D eigenvalue weighted by Gasteiger charge is -2.10. The van der Waals surface area contributed by atoms with Gasteiger partial charge in [-0.15, -0.1) is 0 Å². The van der Waals surface area contributed by atoms with Gasteiger partial charge in [0.05, 0.1) is 4.47 Å². The van der Waals surface area contributed by atoms with Crippen molar-refractivity contribution < 1.29 is 4.74 Å². The summed E-state index contributed by atoms with van der Waals surface area (Å²) in [4.78, 5) is 8.46. The SMILES string of the molecule is Cc1cc(Cl)nc(COc2ccc3ccccc3c2Br)n1. The maximum absolute atomic E-state index is 5.93. The van der Waals surface area contributed by atoms with Crippen molar-refractivity contribution in [1.82, 2.24) is 9.97 Å². The molecule has 0 atom stereocenters. The van der Waals surface area contributed by atoms with E-state index in [9.17, 15) is 0 Å². The minimum absolute atomic E-state index is 0.276. The first-order valence-corrected chi connectivity index (χ1v) is 7.61. The highest BCUT2D eigenvalue weighted by Gasteiger charge is 2.07. The average molecular weight is 364 g/mol. The van der Waals surface area contributed by atoms with Crippen LogP contribution in [0.25, 0.3) is 10.8 Å². The zero-order valence-corrected chi connectivity index (χ0v) is 13.6. The van der Waals surface area contributed by atoms with E-state index in [1.165, 1.54) is 0 Å². The highest BCUT2D eigenvalue weighted by molar-refractivity contribution is 9.10. The Bertz CT molecular complexity index is 787. The average Bonchev–Trinajstić information content (AvgIpc) is 2.46. The Balaban J connectivity index is 1.86. The fraction of sp³-hybridized carbons (Fsp3) is 0.125. The lowest BCUT2D eigenvalue weighted by Crippen LogP contribution is -2.03. The van der Waals surface area contributed by atoms with Crippen LogP contribution >= 0.6 is 27.5 Å². The molecule has 0 aliphatic rings. The van der Waals surface area contributed by atoms with Crippen LogP contribution in [0.5, 0.6) is 5.75 Å². The van der Waals surface area contributed by atoms with Gasteiger partial charge in [-0.1, -0.05) is 41.9 Å². The maximum Gasteiger partial charge on any atom is 0.167 e. The van der Waals surface area contributed by atoms with Crippen molar-refractivity contribution in [2.24, 2.45) is 0 Å². The quantitative estimate of drug-likeness (QED) is 0.619. The van der Waals surface area contributed by atoms with Crippen LogP contribution in [-0.2, 0) is 6.61 Å². The Hall–Kier alpha value is -1.65. The predicted octanol–water partition coefficient (Wildman–Crippen LogP) is 4.93. The van der Waals surface area contributed by atoms with Crippen LogP contribution in [0, 0.1) is 6.92 Å². The molecule has 2 aromatic carbocycles. The molecule has 0 fully saturated rings. The molecule has 0 saturated heterocycles. The molecule has 0 aliphatic heterocycles. The van der Waals surface area contributed by atoms with Crippen LogP contribution in [-0.4, -0.2) is 9.97 Å². The molecule has 3 nitrogen and oxygen atoms in total. The van der Waals surface area contributed by atoms with Gasteiger partial charge in [-0.3, -0.25) is 0 Å². The van der Waals surface area contributed by atoms with E-state index in [2.05, 4.69) is 32.0 Å². The van der Waals surface area contributed by atoms with E-state index < -0.39 is 0 Å². The monoisotopic (exact) mass is 362 g/mol. The molecule has 1 aromatic heterocycles. The molecule has 3 aromatic rings. The second-order valence-electron chi connectivity index (χ2n) is 4.64. The van der Waals surface area contributed by atoms with Crippen molar-refractivity contribution in [3.05, 3.63) is 63.6 Å². The lowest BCUT2D eigenvalue weighted by molar-refractivity contribution is 0.294. The number of fused-ring (bicyclic) bond motifs is 1. The van der Waals surface area contributed by atoms with Gasteiger partial charge in [-0.2, -0.15) is 0 Å². The molecule has 0 radical (unpaired) electrons. The summed E-state index contributed by atoms with van der Waals surface area (Å²) in [6.07, 6.45) is 0. The number of halogens is 2. The summed E-state index contributed by atoms with van der Waals surface area (Å²) in [7, 11) is 0. The smallest absolute Gasteiger partial charge is 0.167 e. The first kappa shape index (κ1) is 14.3. The molecule has 0 amide bonds.